The van der Waals surface area contributed by atoms with Crippen LogP contribution in [0.2, 0.25) is 0 Å². The SMILES string of the molecule is CCC1(C)Cc2sc3[nH]c(=O)c(SC)nc3c2CO1. The maximum atomic E-state index is 11.8. The van der Waals surface area contributed by atoms with E-state index in [4.69, 9.17) is 4.74 Å². The fourth-order valence-corrected chi connectivity index (χ4v) is 4.04. The summed E-state index contributed by atoms with van der Waals surface area (Å²) in [5.41, 5.74) is 1.87. The number of thiophene rings is 1. The van der Waals surface area contributed by atoms with Crippen molar-refractivity contribution in [2.45, 2.75) is 43.9 Å². The van der Waals surface area contributed by atoms with Gasteiger partial charge >= 0.3 is 0 Å². The topological polar surface area (TPSA) is 55.0 Å². The zero-order valence-corrected chi connectivity index (χ0v) is 12.8. The molecule has 2 aromatic heterocycles. The maximum absolute atomic E-state index is 11.8. The third-order valence-corrected chi connectivity index (χ3v) is 5.54. The summed E-state index contributed by atoms with van der Waals surface area (Å²) in [4.78, 5) is 21.4. The van der Waals surface area contributed by atoms with Crippen LogP contribution in [0.15, 0.2) is 9.82 Å². The van der Waals surface area contributed by atoms with Crippen molar-refractivity contribution < 1.29 is 4.74 Å². The van der Waals surface area contributed by atoms with Gasteiger partial charge in [-0.2, -0.15) is 0 Å². The number of thioether (sulfide) groups is 1. The van der Waals surface area contributed by atoms with E-state index >= 15 is 0 Å². The van der Waals surface area contributed by atoms with Gasteiger partial charge in [-0.1, -0.05) is 6.92 Å². The lowest BCUT2D eigenvalue weighted by Crippen LogP contribution is -2.33. The van der Waals surface area contributed by atoms with Crippen LogP contribution in [0, 0.1) is 0 Å². The summed E-state index contributed by atoms with van der Waals surface area (Å²) in [5, 5.41) is 0.525. The Labute approximate surface area is 119 Å². The number of rotatable bonds is 2. The van der Waals surface area contributed by atoms with Crippen molar-refractivity contribution in [3.05, 3.63) is 20.8 Å². The molecular formula is C13H16N2O2S2. The molecule has 6 heteroatoms. The van der Waals surface area contributed by atoms with E-state index < -0.39 is 0 Å². The highest BCUT2D eigenvalue weighted by Crippen LogP contribution is 2.38. The zero-order chi connectivity index (χ0) is 13.6. The fourth-order valence-electron chi connectivity index (χ4n) is 2.31. The number of aromatic amines is 1. The van der Waals surface area contributed by atoms with Gasteiger partial charge in [0.25, 0.3) is 5.56 Å². The summed E-state index contributed by atoms with van der Waals surface area (Å²) < 4.78 is 5.98. The lowest BCUT2D eigenvalue weighted by atomic mass is 9.94. The first-order valence-electron chi connectivity index (χ1n) is 6.29. The molecule has 0 saturated carbocycles. The van der Waals surface area contributed by atoms with E-state index in [0.29, 0.717) is 11.6 Å². The van der Waals surface area contributed by atoms with Crippen LogP contribution in [0.1, 0.15) is 30.7 Å². The third-order valence-electron chi connectivity index (χ3n) is 3.74. The number of ether oxygens (including phenoxy) is 1. The molecule has 0 fully saturated rings. The Morgan fingerprint density at radius 1 is 1.58 bits per heavy atom. The van der Waals surface area contributed by atoms with Gasteiger partial charge in [0, 0.05) is 16.9 Å². The van der Waals surface area contributed by atoms with E-state index in [2.05, 4.69) is 23.8 Å². The second kappa shape index (κ2) is 4.61. The molecule has 0 bridgehead atoms. The summed E-state index contributed by atoms with van der Waals surface area (Å²) >= 11 is 3.02. The first kappa shape index (κ1) is 13.1. The van der Waals surface area contributed by atoms with Gasteiger partial charge < -0.3 is 9.72 Å². The molecule has 0 aromatic carbocycles. The van der Waals surface area contributed by atoms with Crippen molar-refractivity contribution in [2.24, 2.45) is 0 Å². The Bertz CT molecular complexity index is 692. The van der Waals surface area contributed by atoms with Crippen LogP contribution < -0.4 is 5.56 Å². The van der Waals surface area contributed by atoms with E-state index in [-0.39, 0.29) is 11.2 Å². The number of H-pyrrole nitrogens is 1. The number of fused-ring (bicyclic) bond motifs is 3. The minimum absolute atomic E-state index is 0.0868. The molecule has 0 amide bonds. The van der Waals surface area contributed by atoms with Gasteiger partial charge in [0.1, 0.15) is 10.3 Å². The molecule has 1 aliphatic rings. The summed E-state index contributed by atoms with van der Waals surface area (Å²) in [7, 11) is 0. The molecule has 0 spiro atoms. The lowest BCUT2D eigenvalue weighted by Gasteiger charge is -2.32. The van der Waals surface area contributed by atoms with Gasteiger partial charge in [-0.25, -0.2) is 4.98 Å². The number of hydrogen-bond donors (Lipinski definition) is 1. The first-order chi connectivity index (χ1) is 9.06. The second-order valence-electron chi connectivity index (χ2n) is 5.03. The van der Waals surface area contributed by atoms with Crippen molar-refractivity contribution in [1.82, 2.24) is 9.97 Å². The number of aromatic nitrogens is 2. The van der Waals surface area contributed by atoms with Crippen LogP contribution in [0.4, 0.5) is 0 Å². The Kier molecular flexibility index (Phi) is 3.19. The van der Waals surface area contributed by atoms with Crippen LogP contribution >= 0.6 is 23.1 Å². The van der Waals surface area contributed by atoms with Crippen LogP contribution in [0.3, 0.4) is 0 Å². The molecule has 0 aliphatic carbocycles. The van der Waals surface area contributed by atoms with Crippen LogP contribution in [-0.2, 0) is 17.8 Å². The Morgan fingerprint density at radius 3 is 3.05 bits per heavy atom. The van der Waals surface area contributed by atoms with Crippen LogP contribution in [0.5, 0.6) is 0 Å². The van der Waals surface area contributed by atoms with Gasteiger partial charge in [-0.05, 0) is 19.6 Å². The van der Waals surface area contributed by atoms with Gasteiger partial charge in [0.2, 0.25) is 0 Å². The lowest BCUT2D eigenvalue weighted by molar-refractivity contribution is -0.0546. The van der Waals surface area contributed by atoms with Gasteiger partial charge in [-0.15, -0.1) is 23.1 Å². The fraction of sp³-hybridized carbons (Fsp3) is 0.538. The number of hydrogen-bond acceptors (Lipinski definition) is 5. The summed E-state index contributed by atoms with van der Waals surface area (Å²) in [6.45, 7) is 4.88. The Morgan fingerprint density at radius 2 is 2.37 bits per heavy atom. The van der Waals surface area contributed by atoms with E-state index in [1.165, 1.54) is 16.6 Å². The monoisotopic (exact) mass is 296 g/mol. The molecule has 0 saturated heterocycles. The maximum Gasteiger partial charge on any atom is 0.281 e. The average molecular weight is 296 g/mol. The largest absolute Gasteiger partial charge is 0.370 e. The molecule has 19 heavy (non-hydrogen) atoms. The van der Waals surface area contributed by atoms with E-state index in [0.717, 1.165) is 28.8 Å². The van der Waals surface area contributed by atoms with E-state index in [1.54, 1.807) is 11.3 Å². The molecule has 102 valence electrons. The smallest absolute Gasteiger partial charge is 0.281 e. The zero-order valence-electron chi connectivity index (χ0n) is 11.2. The summed E-state index contributed by atoms with van der Waals surface area (Å²) in [5.74, 6) is 0. The molecule has 1 atom stereocenters. The Hall–Kier alpha value is -0.850. The molecule has 0 radical (unpaired) electrons. The quantitative estimate of drug-likeness (QED) is 0.866. The predicted octanol–water partition coefficient (Wildman–Crippen LogP) is 2.95. The predicted molar refractivity (Wildman–Crippen MR) is 79.2 cm³/mol. The molecule has 3 heterocycles. The second-order valence-corrected chi connectivity index (χ2v) is 6.93. The van der Waals surface area contributed by atoms with Crippen LogP contribution in [0.25, 0.3) is 10.3 Å². The van der Waals surface area contributed by atoms with Crippen molar-refractivity contribution in [1.29, 1.82) is 0 Å². The minimum atomic E-state index is -0.0993. The highest BCUT2D eigenvalue weighted by molar-refractivity contribution is 7.98. The molecule has 2 aromatic rings. The normalized spacial score (nSPS) is 22.7. The molecular weight excluding hydrogens is 280 g/mol. The van der Waals surface area contributed by atoms with Gasteiger partial charge in [-0.3, -0.25) is 4.79 Å². The van der Waals surface area contributed by atoms with Crippen LogP contribution in [-0.4, -0.2) is 21.8 Å². The molecule has 3 rings (SSSR count). The van der Waals surface area contributed by atoms with Crippen molar-refractivity contribution in [2.75, 3.05) is 6.26 Å². The van der Waals surface area contributed by atoms with Crippen molar-refractivity contribution in [3.8, 4) is 0 Å². The van der Waals surface area contributed by atoms with Crippen molar-refractivity contribution >= 4 is 33.4 Å². The average Bonchev–Trinajstić information content (AvgIpc) is 2.73. The van der Waals surface area contributed by atoms with E-state index in [9.17, 15) is 4.79 Å². The highest BCUT2D eigenvalue weighted by Gasteiger charge is 2.32. The third kappa shape index (κ3) is 2.11. The number of nitrogens with zero attached hydrogens (tertiary/aromatic N) is 1. The standard InChI is InChI=1S/C13H16N2O2S2/c1-4-13(2)5-8-7(6-17-13)9-11(19-8)15-10(16)12(14-9)18-3/h4-6H2,1-3H3,(H,15,16). The first-order valence-corrected chi connectivity index (χ1v) is 8.33. The highest BCUT2D eigenvalue weighted by atomic mass is 32.2. The van der Waals surface area contributed by atoms with Gasteiger partial charge in [0.15, 0.2) is 5.03 Å². The minimum Gasteiger partial charge on any atom is -0.370 e. The number of nitrogens with one attached hydrogen (secondary N) is 1. The Balaban J connectivity index is 2.17. The summed E-state index contributed by atoms with van der Waals surface area (Å²) in [6, 6.07) is 0. The summed E-state index contributed by atoms with van der Waals surface area (Å²) in [6.07, 6.45) is 3.75. The van der Waals surface area contributed by atoms with Crippen molar-refractivity contribution in [3.63, 3.8) is 0 Å². The molecule has 1 unspecified atom stereocenters. The molecule has 4 nitrogen and oxygen atoms in total. The van der Waals surface area contributed by atoms with E-state index in [1.807, 2.05) is 6.26 Å². The molecule has 1 aliphatic heterocycles. The molecule has 1 N–H and O–H groups in total. The van der Waals surface area contributed by atoms with Gasteiger partial charge in [0.05, 0.1) is 12.2 Å².